The Labute approximate surface area is 176 Å². The molecule has 1 N–H and O–H groups in total. The van der Waals surface area contributed by atoms with Crippen molar-refractivity contribution in [3.8, 4) is 5.75 Å². The first-order valence-corrected chi connectivity index (χ1v) is 11.0. The summed E-state index contributed by atoms with van der Waals surface area (Å²) in [6.07, 6.45) is 6.33. The number of rotatable bonds is 4. The van der Waals surface area contributed by atoms with Crippen molar-refractivity contribution < 1.29 is 13.9 Å². The second-order valence-electron chi connectivity index (χ2n) is 8.46. The topological polar surface area (TPSA) is 72.3 Å². The van der Waals surface area contributed by atoms with Crippen LogP contribution in [0.3, 0.4) is 0 Å². The summed E-state index contributed by atoms with van der Waals surface area (Å²) in [5, 5.41) is 11.6. The van der Waals surface area contributed by atoms with Gasteiger partial charge in [-0.05, 0) is 51.7 Å². The van der Waals surface area contributed by atoms with Gasteiger partial charge >= 0.3 is 6.03 Å². The summed E-state index contributed by atoms with van der Waals surface area (Å²) in [4.78, 5) is 14.6. The number of fused-ring (bicyclic) bond motifs is 1. The molecule has 30 heavy (non-hydrogen) atoms. The van der Waals surface area contributed by atoms with Gasteiger partial charge in [0.15, 0.2) is 0 Å². The fraction of sp³-hybridized carbons (Fsp3) is 0.591. The van der Waals surface area contributed by atoms with E-state index in [4.69, 9.17) is 4.74 Å². The first kappa shape index (κ1) is 20.6. The average Bonchev–Trinajstić information content (AvgIpc) is 2.98. The number of anilines is 1. The van der Waals surface area contributed by atoms with Gasteiger partial charge in [-0.15, -0.1) is 10.2 Å². The van der Waals surface area contributed by atoms with Crippen molar-refractivity contribution in [3.63, 3.8) is 0 Å². The van der Waals surface area contributed by atoms with Gasteiger partial charge in [0.25, 0.3) is 0 Å². The molecule has 0 bridgehead atoms. The molecule has 4 rings (SSSR count). The van der Waals surface area contributed by atoms with Crippen LogP contribution >= 0.6 is 0 Å². The van der Waals surface area contributed by atoms with E-state index in [-0.39, 0.29) is 23.7 Å². The van der Waals surface area contributed by atoms with Gasteiger partial charge in [0.05, 0.1) is 11.8 Å². The number of hydrogen-bond acceptors (Lipinski definition) is 4. The Bertz CT molecular complexity index is 898. The number of amides is 2. The fourth-order valence-corrected chi connectivity index (χ4v) is 4.32. The van der Waals surface area contributed by atoms with Crippen LogP contribution in [-0.4, -0.2) is 44.9 Å². The molecule has 8 heteroatoms. The molecule has 1 saturated heterocycles. The number of benzene rings is 1. The molecule has 0 saturated carbocycles. The van der Waals surface area contributed by atoms with Crippen molar-refractivity contribution in [1.82, 2.24) is 19.7 Å². The summed E-state index contributed by atoms with van der Waals surface area (Å²) in [6, 6.07) is 4.24. The number of nitrogens with zero attached hydrogens (tertiary/aromatic N) is 4. The van der Waals surface area contributed by atoms with E-state index in [1.54, 1.807) is 17.0 Å². The quantitative estimate of drug-likeness (QED) is 0.806. The number of aromatic nitrogens is 3. The van der Waals surface area contributed by atoms with E-state index in [1.807, 2.05) is 13.8 Å². The molecular formula is C22H30FN5O2. The molecule has 1 aromatic carbocycles. The molecule has 0 radical (unpaired) electrons. The molecule has 0 spiro atoms. The van der Waals surface area contributed by atoms with E-state index in [9.17, 15) is 9.18 Å². The van der Waals surface area contributed by atoms with Crippen LogP contribution in [0.1, 0.15) is 63.5 Å². The van der Waals surface area contributed by atoms with E-state index >= 15 is 0 Å². The Morgan fingerprint density at radius 3 is 2.87 bits per heavy atom. The number of piperidine rings is 1. The number of urea groups is 1. The molecule has 0 unspecified atom stereocenters. The minimum Gasteiger partial charge on any atom is -0.491 e. The highest BCUT2D eigenvalue weighted by molar-refractivity contribution is 5.89. The monoisotopic (exact) mass is 415 g/mol. The maximum absolute atomic E-state index is 14.4. The molecule has 7 nitrogen and oxygen atoms in total. The van der Waals surface area contributed by atoms with E-state index in [0.717, 1.165) is 50.3 Å². The molecule has 1 atom stereocenters. The summed E-state index contributed by atoms with van der Waals surface area (Å²) >= 11 is 0. The van der Waals surface area contributed by atoms with Crippen molar-refractivity contribution in [3.05, 3.63) is 35.7 Å². The van der Waals surface area contributed by atoms with Gasteiger partial charge in [0.2, 0.25) is 0 Å². The maximum atomic E-state index is 14.4. The highest BCUT2D eigenvalue weighted by Gasteiger charge is 2.29. The van der Waals surface area contributed by atoms with Crippen LogP contribution in [0, 0.1) is 5.82 Å². The molecule has 1 aromatic heterocycles. The Morgan fingerprint density at radius 2 is 2.07 bits per heavy atom. The molecule has 3 heterocycles. The highest BCUT2D eigenvalue weighted by atomic mass is 19.1. The third-order valence-corrected chi connectivity index (χ3v) is 5.77. The van der Waals surface area contributed by atoms with E-state index in [1.165, 1.54) is 12.5 Å². The lowest BCUT2D eigenvalue weighted by atomic mass is 9.97. The van der Waals surface area contributed by atoms with E-state index in [0.29, 0.717) is 18.8 Å². The van der Waals surface area contributed by atoms with Crippen LogP contribution in [-0.2, 0) is 13.0 Å². The zero-order valence-electron chi connectivity index (χ0n) is 17.7. The van der Waals surface area contributed by atoms with Gasteiger partial charge in [0, 0.05) is 38.0 Å². The van der Waals surface area contributed by atoms with Gasteiger partial charge in [-0.2, -0.15) is 0 Å². The van der Waals surface area contributed by atoms with Gasteiger partial charge in [0.1, 0.15) is 23.2 Å². The van der Waals surface area contributed by atoms with E-state index < -0.39 is 5.82 Å². The molecule has 2 amide bonds. The van der Waals surface area contributed by atoms with Crippen LogP contribution in [0.5, 0.6) is 5.75 Å². The number of nitrogens with one attached hydrogen (secondary N) is 1. The third kappa shape index (κ3) is 4.57. The predicted octanol–water partition coefficient (Wildman–Crippen LogP) is 4.34. The first-order chi connectivity index (χ1) is 14.5. The van der Waals surface area contributed by atoms with Crippen molar-refractivity contribution >= 4 is 11.7 Å². The highest BCUT2D eigenvalue weighted by Crippen LogP contribution is 2.29. The van der Waals surface area contributed by atoms with Crippen molar-refractivity contribution in [1.29, 1.82) is 0 Å². The van der Waals surface area contributed by atoms with E-state index in [2.05, 4.69) is 20.1 Å². The Hall–Kier alpha value is -2.64. The summed E-state index contributed by atoms with van der Waals surface area (Å²) < 4.78 is 22.2. The standard InChI is InChI=1S/C22H30FN5O2/c1-15(2)30-17-9-10-19(18(23)13-17)24-22(29)27-11-6-7-16(14-27)21-26-25-20-8-4-3-5-12-28(20)21/h9-10,13,15-16H,3-8,11-12,14H2,1-2H3,(H,24,29)/t16-/m1/s1. The SMILES string of the molecule is CC(C)Oc1ccc(NC(=O)N2CCC[C@@H](c3nnc4n3CCCCC4)C2)c(F)c1. The second-order valence-corrected chi connectivity index (χ2v) is 8.46. The third-order valence-electron chi connectivity index (χ3n) is 5.77. The van der Waals surface area contributed by atoms with Crippen LogP contribution in [0.4, 0.5) is 14.9 Å². The maximum Gasteiger partial charge on any atom is 0.321 e. The van der Waals surface area contributed by atoms with Crippen LogP contribution in [0.2, 0.25) is 0 Å². The van der Waals surface area contributed by atoms with Crippen molar-refractivity contribution in [2.75, 3.05) is 18.4 Å². The Kier molecular flexibility index (Phi) is 6.20. The zero-order valence-corrected chi connectivity index (χ0v) is 17.7. The smallest absolute Gasteiger partial charge is 0.321 e. The summed E-state index contributed by atoms with van der Waals surface area (Å²) in [7, 11) is 0. The minimum absolute atomic E-state index is 0.0395. The molecule has 2 aromatic rings. The van der Waals surface area contributed by atoms with Crippen molar-refractivity contribution in [2.24, 2.45) is 0 Å². The molecule has 2 aliphatic rings. The number of carbonyl (C=O) groups is 1. The largest absolute Gasteiger partial charge is 0.491 e. The molecular weight excluding hydrogens is 385 g/mol. The number of carbonyl (C=O) groups excluding carboxylic acids is 1. The molecule has 162 valence electrons. The summed E-state index contributed by atoms with van der Waals surface area (Å²) in [5.74, 6) is 2.17. The fourth-order valence-electron chi connectivity index (χ4n) is 4.32. The van der Waals surface area contributed by atoms with Gasteiger partial charge in [-0.3, -0.25) is 0 Å². The van der Waals surface area contributed by atoms with Gasteiger partial charge < -0.3 is 19.5 Å². The molecule has 2 aliphatic heterocycles. The zero-order chi connectivity index (χ0) is 21.1. The van der Waals surface area contributed by atoms with Crippen LogP contribution < -0.4 is 10.1 Å². The normalized spacial score (nSPS) is 19.3. The molecule has 0 aliphatic carbocycles. The average molecular weight is 416 g/mol. The lowest BCUT2D eigenvalue weighted by Gasteiger charge is -2.32. The Balaban J connectivity index is 1.42. The molecule has 1 fully saturated rings. The number of ether oxygens (including phenoxy) is 1. The van der Waals surface area contributed by atoms with Gasteiger partial charge in [-0.25, -0.2) is 9.18 Å². The van der Waals surface area contributed by atoms with Crippen molar-refractivity contribution in [2.45, 2.75) is 70.9 Å². The summed E-state index contributed by atoms with van der Waals surface area (Å²) in [5.41, 5.74) is 0.162. The lowest BCUT2D eigenvalue weighted by Crippen LogP contribution is -2.42. The number of halogens is 1. The number of hydrogen-bond donors (Lipinski definition) is 1. The minimum atomic E-state index is -0.502. The second kappa shape index (κ2) is 9.02. The summed E-state index contributed by atoms with van der Waals surface area (Å²) in [6.45, 7) is 5.94. The van der Waals surface area contributed by atoms with Crippen LogP contribution in [0.25, 0.3) is 0 Å². The Morgan fingerprint density at radius 1 is 1.20 bits per heavy atom. The lowest BCUT2D eigenvalue weighted by molar-refractivity contribution is 0.190. The van der Waals surface area contributed by atoms with Crippen LogP contribution in [0.15, 0.2) is 18.2 Å². The van der Waals surface area contributed by atoms with Gasteiger partial charge in [-0.1, -0.05) is 6.42 Å². The number of aryl methyl sites for hydroxylation is 1. The first-order valence-electron chi connectivity index (χ1n) is 11.0. The predicted molar refractivity (Wildman–Crippen MR) is 112 cm³/mol. The number of likely N-dealkylation sites (tertiary alicyclic amines) is 1.